The van der Waals surface area contributed by atoms with E-state index in [9.17, 15) is 5.11 Å². The molecule has 0 bridgehead atoms. The zero-order chi connectivity index (χ0) is 13.2. The van der Waals surface area contributed by atoms with Crippen molar-refractivity contribution in [2.75, 3.05) is 6.61 Å². The zero-order valence-corrected chi connectivity index (χ0v) is 10.3. The smallest absolute Gasteiger partial charge is 0.137 e. The van der Waals surface area contributed by atoms with E-state index >= 15 is 0 Å². The van der Waals surface area contributed by atoms with E-state index in [1.54, 1.807) is 23.3 Å². The first-order valence-corrected chi connectivity index (χ1v) is 6.16. The van der Waals surface area contributed by atoms with E-state index < -0.39 is 12.2 Å². The Morgan fingerprint density at radius 1 is 1.47 bits per heavy atom. The fourth-order valence-electron chi connectivity index (χ4n) is 2.22. The number of aliphatic hydroxyl groups excluding tert-OH is 2. The van der Waals surface area contributed by atoms with Crippen LogP contribution in [0.3, 0.4) is 0 Å². The van der Waals surface area contributed by atoms with Gasteiger partial charge in [-0.1, -0.05) is 0 Å². The van der Waals surface area contributed by atoms with Gasteiger partial charge in [0.05, 0.1) is 24.7 Å². The summed E-state index contributed by atoms with van der Waals surface area (Å²) in [7, 11) is 0. The minimum absolute atomic E-state index is 0.179. The number of nitrogens with zero attached hydrogens (tertiary/aromatic N) is 3. The predicted octanol–water partition coefficient (Wildman–Crippen LogP) is 0.586. The molecule has 3 heterocycles. The first-order chi connectivity index (χ1) is 9.28. The number of aliphatic hydroxyl groups is 2. The van der Waals surface area contributed by atoms with Crippen molar-refractivity contribution in [3.05, 3.63) is 37.1 Å². The Morgan fingerprint density at radius 2 is 2.37 bits per heavy atom. The highest BCUT2D eigenvalue weighted by atomic mass is 16.5. The lowest BCUT2D eigenvalue weighted by Crippen LogP contribution is -2.24. The SMILES string of the molecule is OC[C@H]1O[C@@H](n2cnc(-c3cccnc3)c2)C[C@@H]1O. The minimum atomic E-state index is -0.640. The lowest BCUT2D eigenvalue weighted by molar-refractivity contribution is -0.0443. The van der Waals surface area contributed by atoms with Gasteiger partial charge in [-0.3, -0.25) is 4.98 Å². The van der Waals surface area contributed by atoms with Crippen LogP contribution in [0.2, 0.25) is 0 Å². The van der Waals surface area contributed by atoms with E-state index in [1.807, 2.05) is 18.3 Å². The van der Waals surface area contributed by atoms with E-state index in [0.717, 1.165) is 11.3 Å². The van der Waals surface area contributed by atoms with Crippen molar-refractivity contribution < 1.29 is 14.9 Å². The molecule has 3 rings (SSSR count). The van der Waals surface area contributed by atoms with Crippen LogP contribution in [0.5, 0.6) is 0 Å². The molecule has 0 aromatic carbocycles. The van der Waals surface area contributed by atoms with E-state index in [-0.39, 0.29) is 12.8 Å². The fraction of sp³-hybridized carbons (Fsp3) is 0.385. The van der Waals surface area contributed by atoms with Crippen LogP contribution in [-0.2, 0) is 4.74 Å². The topological polar surface area (TPSA) is 80.4 Å². The number of hydrogen-bond acceptors (Lipinski definition) is 5. The zero-order valence-electron chi connectivity index (χ0n) is 10.3. The third kappa shape index (κ3) is 2.37. The normalized spacial score (nSPS) is 26.7. The number of aromatic nitrogens is 3. The maximum Gasteiger partial charge on any atom is 0.137 e. The Balaban J connectivity index is 1.79. The molecule has 6 nitrogen and oxygen atoms in total. The molecule has 100 valence electrons. The summed E-state index contributed by atoms with van der Waals surface area (Å²) in [6.45, 7) is -0.179. The molecule has 19 heavy (non-hydrogen) atoms. The first-order valence-electron chi connectivity index (χ1n) is 6.16. The molecule has 0 radical (unpaired) electrons. The largest absolute Gasteiger partial charge is 0.394 e. The summed E-state index contributed by atoms with van der Waals surface area (Å²) >= 11 is 0. The maximum atomic E-state index is 9.72. The Hall–Kier alpha value is -1.76. The second-order valence-electron chi connectivity index (χ2n) is 4.56. The van der Waals surface area contributed by atoms with Gasteiger partial charge in [-0.05, 0) is 12.1 Å². The van der Waals surface area contributed by atoms with Gasteiger partial charge in [0, 0.05) is 30.6 Å². The average molecular weight is 261 g/mol. The van der Waals surface area contributed by atoms with Crippen LogP contribution in [0, 0.1) is 0 Å². The summed E-state index contributed by atoms with van der Waals surface area (Å²) in [5.74, 6) is 0. The molecule has 2 N–H and O–H groups in total. The summed E-state index contributed by atoms with van der Waals surface area (Å²) in [6.07, 6.45) is 5.98. The van der Waals surface area contributed by atoms with Gasteiger partial charge >= 0.3 is 0 Å². The number of ether oxygens (including phenoxy) is 1. The Kier molecular flexibility index (Phi) is 3.29. The van der Waals surface area contributed by atoms with Gasteiger partial charge in [0.1, 0.15) is 12.3 Å². The summed E-state index contributed by atoms with van der Waals surface area (Å²) in [5, 5.41) is 18.8. The van der Waals surface area contributed by atoms with E-state index in [2.05, 4.69) is 9.97 Å². The van der Waals surface area contributed by atoms with Gasteiger partial charge in [0.25, 0.3) is 0 Å². The molecule has 0 unspecified atom stereocenters. The third-order valence-electron chi connectivity index (χ3n) is 3.28. The lowest BCUT2D eigenvalue weighted by Gasteiger charge is -2.12. The second kappa shape index (κ2) is 5.08. The number of rotatable bonds is 3. The highest BCUT2D eigenvalue weighted by Crippen LogP contribution is 2.29. The van der Waals surface area contributed by atoms with Crippen molar-refractivity contribution in [2.45, 2.75) is 24.9 Å². The van der Waals surface area contributed by atoms with Crippen LogP contribution >= 0.6 is 0 Å². The molecule has 2 aromatic rings. The molecule has 0 spiro atoms. The standard InChI is InChI=1S/C13H15N3O3/c17-7-12-11(18)4-13(19-12)16-6-10(15-8-16)9-2-1-3-14-5-9/h1-3,5-6,8,11-13,17-18H,4,7H2/t11-,12+,13+/m0/s1. The molecule has 1 fully saturated rings. The molecule has 0 amide bonds. The molecule has 1 saturated heterocycles. The van der Waals surface area contributed by atoms with Crippen molar-refractivity contribution in [1.29, 1.82) is 0 Å². The molecule has 1 aliphatic heterocycles. The third-order valence-corrected chi connectivity index (χ3v) is 3.28. The van der Waals surface area contributed by atoms with Crippen molar-refractivity contribution in [2.24, 2.45) is 0 Å². The van der Waals surface area contributed by atoms with Gasteiger partial charge in [-0.25, -0.2) is 4.98 Å². The molecule has 0 aliphatic carbocycles. The molecule has 0 saturated carbocycles. The number of imidazole rings is 1. The van der Waals surface area contributed by atoms with E-state index in [1.165, 1.54) is 0 Å². The second-order valence-corrected chi connectivity index (χ2v) is 4.56. The van der Waals surface area contributed by atoms with Crippen molar-refractivity contribution in [3.8, 4) is 11.3 Å². The van der Waals surface area contributed by atoms with Crippen LogP contribution < -0.4 is 0 Å². The lowest BCUT2D eigenvalue weighted by atomic mass is 10.2. The Labute approximate surface area is 110 Å². The monoisotopic (exact) mass is 261 g/mol. The summed E-state index contributed by atoms with van der Waals surface area (Å²) < 4.78 is 7.37. The minimum Gasteiger partial charge on any atom is -0.394 e. The van der Waals surface area contributed by atoms with Crippen LogP contribution in [0.25, 0.3) is 11.3 Å². The highest BCUT2D eigenvalue weighted by molar-refractivity contribution is 5.56. The molecule has 6 heteroatoms. The molecule has 1 aliphatic rings. The highest BCUT2D eigenvalue weighted by Gasteiger charge is 2.34. The quantitative estimate of drug-likeness (QED) is 0.845. The first kappa shape index (κ1) is 12.3. The Bertz CT molecular complexity index is 543. The molecule has 3 atom stereocenters. The molecular weight excluding hydrogens is 246 g/mol. The predicted molar refractivity (Wildman–Crippen MR) is 67.1 cm³/mol. The van der Waals surface area contributed by atoms with Crippen LogP contribution in [0.1, 0.15) is 12.6 Å². The van der Waals surface area contributed by atoms with Crippen molar-refractivity contribution in [1.82, 2.24) is 14.5 Å². The summed E-state index contributed by atoms with van der Waals surface area (Å²) in [5.41, 5.74) is 1.73. The van der Waals surface area contributed by atoms with Gasteiger partial charge in [-0.2, -0.15) is 0 Å². The van der Waals surface area contributed by atoms with E-state index in [4.69, 9.17) is 9.84 Å². The van der Waals surface area contributed by atoms with Gasteiger partial charge in [-0.15, -0.1) is 0 Å². The van der Waals surface area contributed by atoms with Gasteiger partial charge < -0.3 is 19.5 Å². The van der Waals surface area contributed by atoms with E-state index in [0.29, 0.717) is 6.42 Å². The number of pyridine rings is 1. The van der Waals surface area contributed by atoms with Crippen LogP contribution in [-0.4, -0.2) is 43.6 Å². The summed E-state index contributed by atoms with van der Waals surface area (Å²) in [4.78, 5) is 8.36. The Morgan fingerprint density at radius 3 is 3.05 bits per heavy atom. The molecular formula is C13H15N3O3. The average Bonchev–Trinajstić information content (AvgIpc) is 3.06. The van der Waals surface area contributed by atoms with Crippen LogP contribution in [0.15, 0.2) is 37.1 Å². The maximum absolute atomic E-state index is 9.72. The van der Waals surface area contributed by atoms with Gasteiger partial charge in [0.15, 0.2) is 0 Å². The molecule has 2 aromatic heterocycles. The van der Waals surface area contributed by atoms with Crippen molar-refractivity contribution >= 4 is 0 Å². The summed E-state index contributed by atoms with van der Waals surface area (Å²) in [6, 6.07) is 3.78. The van der Waals surface area contributed by atoms with Gasteiger partial charge in [0.2, 0.25) is 0 Å². The fourth-order valence-corrected chi connectivity index (χ4v) is 2.22. The number of hydrogen-bond donors (Lipinski definition) is 2. The van der Waals surface area contributed by atoms with Crippen LogP contribution in [0.4, 0.5) is 0 Å². The van der Waals surface area contributed by atoms with Crippen molar-refractivity contribution in [3.63, 3.8) is 0 Å².